The molecule has 0 atom stereocenters. The smallest absolute Gasteiger partial charge is 0.261 e. The first-order valence-electron chi connectivity index (χ1n) is 29.4. The molecule has 0 radical (unpaired) electrons. The maximum Gasteiger partial charge on any atom is 0.261 e. The number of nitrogens with zero attached hydrogens (tertiary/aromatic N) is 4. The van der Waals surface area contributed by atoms with Crippen molar-refractivity contribution in [2.24, 2.45) is 4.99 Å². The van der Waals surface area contributed by atoms with E-state index in [2.05, 4.69) is 38.8 Å². The maximum absolute atomic E-state index is 12.6. The van der Waals surface area contributed by atoms with E-state index in [0.29, 0.717) is 51.7 Å². The first kappa shape index (κ1) is 64.0. The Kier molecular flexibility index (Phi) is 19.1. The zero-order valence-electron chi connectivity index (χ0n) is 50.1. The monoisotopic (exact) mass is 1350 g/mol. The largest absolute Gasteiger partial charge is 0.436 e. The van der Waals surface area contributed by atoms with Gasteiger partial charge in [-0.15, -0.1) is 11.3 Å². The Bertz CT molecular complexity index is 5300. The highest BCUT2D eigenvalue weighted by Gasteiger charge is 2.23. The number of oxazole rings is 1. The highest BCUT2D eigenvalue weighted by Crippen LogP contribution is 2.37. The van der Waals surface area contributed by atoms with Crippen molar-refractivity contribution < 1.29 is 38.1 Å². The van der Waals surface area contributed by atoms with E-state index in [0.717, 1.165) is 54.2 Å². The summed E-state index contributed by atoms with van der Waals surface area (Å²) in [6.45, 7) is 0. The van der Waals surface area contributed by atoms with Gasteiger partial charge < -0.3 is 4.42 Å². The number of aromatic nitrogens is 3. The molecule has 0 aliphatic carbocycles. The molecule has 95 heavy (non-hydrogen) atoms. The van der Waals surface area contributed by atoms with Gasteiger partial charge in [0.2, 0.25) is 5.89 Å². The van der Waals surface area contributed by atoms with Crippen LogP contribution >= 0.6 is 11.3 Å². The highest BCUT2D eigenvalue weighted by molar-refractivity contribution is 7.93. The van der Waals surface area contributed by atoms with Crippen LogP contribution in [0.25, 0.3) is 54.2 Å². The lowest BCUT2D eigenvalue weighted by molar-refractivity contribution is 0.599. The first-order chi connectivity index (χ1) is 46.1. The molecule has 14 aromatic rings. The predicted molar refractivity (Wildman–Crippen MR) is 378 cm³/mol. The molecule has 0 bridgehead atoms. The zero-order chi connectivity index (χ0) is 65.8. The third kappa shape index (κ3) is 15.4. The van der Waals surface area contributed by atoms with Crippen molar-refractivity contribution >= 4 is 118 Å². The molecule has 0 fully saturated rings. The molecule has 0 unspecified atom stereocenters. The number of aliphatic imine (C=N–C) groups is 1. The van der Waals surface area contributed by atoms with Gasteiger partial charge in [0, 0.05) is 29.1 Å². The first-order valence-corrected chi connectivity index (χ1v) is 36.1. The topological polar surface area (TPSA) is 249 Å². The summed E-state index contributed by atoms with van der Waals surface area (Å²) in [5.74, 6) is 0.368. The SMILES string of the molecule is O=S(=O)(Nc1cccc2cccnc12)c1ccccc1.O=S(=O)(Nc1ccccc1-c1nc2ccccc2o1)c1ccccc1.O=S(=O)(Nc1ccccc1-c1nc2ccccc2s1)c1ccccc1.O=S(=O)(Nc1ccccc1C1=Nc2ccccc2C1)c1ccccc1. The molecule has 0 amide bonds. The predicted octanol–water partition coefficient (Wildman–Crippen LogP) is 16.3. The van der Waals surface area contributed by atoms with Crippen molar-refractivity contribution in [3.05, 3.63) is 315 Å². The summed E-state index contributed by atoms with van der Waals surface area (Å²) >= 11 is 1.54. The van der Waals surface area contributed by atoms with Crippen molar-refractivity contribution in [1.29, 1.82) is 0 Å². The molecule has 0 saturated heterocycles. The Balaban J connectivity index is 0.000000122. The van der Waals surface area contributed by atoms with Gasteiger partial charge in [0.05, 0.1) is 75.0 Å². The van der Waals surface area contributed by atoms with Gasteiger partial charge in [-0.2, -0.15) is 0 Å². The van der Waals surface area contributed by atoms with E-state index >= 15 is 0 Å². The van der Waals surface area contributed by atoms with Gasteiger partial charge in [-0.3, -0.25) is 28.9 Å². The van der Waals surface area contributed by atoms with Crippen LogP contribution in [0.4, 0.5) is 28.4 Å². The van der Waals surface area contributed by atoms with Crippen molar-refractivity contribution in [2.45, 2.75) is 26.0 Å². The number of hydrogen-bond acceptors (Lipinski definition) is 14. The second-order valence-corrected chi connectivity index (χ2v) is 28.8. The van der Waals surface area contributed by atoms with Crippen LogP contribution in [0, 0.1) is 0 Å². The summed E-state index contributed by atoms with van der Waals surface area (Å²) in [5.41, 5.74) is 9.98. The van der Waals surface area contributed by atoms with E-state index in [9.17, 15) is 33.7 Å². The van der Waals surface area contributed by atoms with Crippen molar-refractivity contribution in [2.75, 3.05) is 18.9 Å². The highest BCUT2D eigenvalue weighted by atomic mass is 32.2. The Morgan fingerprint density at radius 3 is 1.33 bits per heavy atom. The van der Waals surface area contributed by atoms with Gasteiger partial charge in [0.15, 0.2) is 5.58 Å². The van der Waals surface area contributed by atoms with Gasteiger partial charge in [-0.25, -0.2) is 43.6 Å². The van der Waals surface area contributed by atoms with E-state index < -0.39 is 40.1 Å². The molecule has 15 rings (SSSR count). The van der Waals surface area contributed by atoms with E-state index in [1.165, 1.54) is 0 Å². The zero-order valence-corrected chi connectivity index (χ0v) is 54.2. The fourth-order valence-corrected chi connectivity index (χ4v) is 15.4. The van der Waals surface area contributed by atoms with Gasteiger partial charge >= 0.3 is 0 Å². The number of rotatable bonds is 15. The number of hydrogen-bond donors (Lipinski definition) is 4. The van der Waals surface area contributed by atoms with Gasteiger partial charge in [-0.05, 0) is 127 Å². The van der Waals surface area contributed by atoms with Crippen LogP contribution in [0.1, 0.15) is 11.1 Å². The molecule has 4 N–H and O–H groups in total. The quantitative estimate of drug-likeness (QED) is 0.0748. The standard InChI is InChI=1S/C20H16N2O2S.C19H14N2O3S.C19H14N2O2S2.C15H12N2O2S/c23-25(24,16-9-2-1-3-10-16)22-19-13-7-5-11-17(19)20-14-15-8-4-6-12-18(15)21-20;2*22-25(23,14-8-2-1-3-9-14)21-16-11-5-4-10-15(16)19-20-17-12-6-7-13-18(17)24-19;18-20(19,13-8-2-1-3-9-13)17-14-10-4-6-12-7-5-11-16-15(12)14/h1-13,22H,14H2;2*1-13,21H;1-11,17H. The number of nitrogens with one attached hydrogen (secondary N) is 4. The summed E-state index contributed by atoms with van der Waals surface area (Å²) in [5, 5.41) is 1.67. The molecule has 3 aromatic heterocycles. The summed E-state index contributed by atoms with van der Waals surface area (Å²) in [6, 6.07) is 87.2. The molecular weight excluding hydrogens is 1290 g/mol. The molecule has 1 aliphatic rings. The molecule has 0 saturated carbocycles. The Morgan fingerprint density at radius 2 is 0.779 bits per heavy atom. The Morgan fingerprint density at radius 1 is 0.358 bits per heavy atom. The average molecular weight is 1350 g/mol. The second-order valence-electron chi connectivity index (χ2n) is 21.0. The van der Waals surface area contributed by atoms with Crippen LogP contribution in [0.2, 0.25) is 0 Å². The van der Waals surface area contributed by atoms with E-state index in [1.54, 1.807) is 187 Å². The minimum Gasteiger partial charge on any atom is -0.436 e. The molecule has 0 spiro atoms. The van der Waals surface area contributed by atoms with Crippen LogP contribution < -0.4 is 18.9 Å². The van der Waals surface area contributed by atoms with Crippen molar-refractivity contribution in [1.82, 2.24) is 15.0 Å². The fraction of sp³-hybridized carbons (Fsp3) is 0.0137. The van der Waals surface area contributed by atoms with Gasteiger partial charge in [-0.1, -0.05) is 176 Å². The summed E-state index contributed by atoms with van der Waals surface area (Å²) in [7, 11) is -14.6. The molecule has 11 aromatic carbocycles. The van der Waals surface area contributed by atoms with Crippen LogP contribution in [-0.2, 0) is 46.5 Å². The van der Waals surface area contributed by atoms with Crippen LogP contribution in [0.3, 0.4) is 0 Å². The van der Waals surface area contributed by atoms with Crippen molar-refractivity contribution in [3.8, 4) is 22.0 Å². The minimum atomic E-state index is -3.69. The Labute approximate surface area is 553 Å². The minimum absolute atomic E-state index is 0.197. The number of pyridine rings is 1. The van der Waals surface area contributed by atoms with Crippen molar-refractivity contribution in [3.63, 3.8) is 0 Å². The van der Waals surface area contributed by atoms with E-state index in [-0.39, 0.29) is 19.6 Å². The molecule has 22 heteroatoms. The maximum atomic E-state index is 12.6. The lowest BCUT2D eigenvalue weighted by Gasteiger charge is -2.12. The van der Waals surface area contributed by atoms with Crippen LogP contribution in [0.15, 0.2) is 332 Å². The van der Waals surface area contributed by atoms with Crippen LogP contribution in [0.5, 0.6) is 0 Å². The molecule has 4 heterocycles. The molecule has 1 aliphatic heterocycles. The lowest BCUT2D eigenvalue weighted by atomic mass is 10.0. The van der Waals surface area contributed by atoms with E-state index in [1.807, 2.05) is 127 Å². The number of anilines is 4. The second kappa shape index (κ2) is 28.4. The number of benzene rings is 11. The van der Waals surface area contributed by atoms with Gasteiger partial charge in [0.25, 0.3) is 40.1 Å². The molecule has 472 valence electrons. The number of thiazole rings is 1. The summed E-state index contributed by atoms with van der Waals surface area (Å²) in [6.07, 6.45) is 2.34. The summed E-state index contributed by atoms with van der Waals surface area (Å²) in [4.78, 5) is 18.9. The molecular formula is C73H56N8O9S5. The van der Waals surface area contributed by atoms with E-state index in [4.69, 9.17) is 4.42 Å². The summed E-state index contributed by atoms with van der Waals surface area (Å²) < 4.78 is 118. The molecule has 17 nitrogen and oxygen atoms in total. The number of fused-ring (bicyclic) bond motifs is 4. The Hall–Kier alpha value is -11.1. The number of sulfonamides is 4. The lowest BCUT2D eigenvalue weighted by Crippen LogP contribution is -2.15. The fourth-order valence-electron chi connectivity index (χ4n) is 10.0. The normalized spacial score (nSPS) is 11.9. The third-order valence-corrected chi connectivity index (χ3v) is 21.2. The average Bonchev–Trinajstić information content (AvgIpc) is 1.80. The van der Waals surface area contributed by atoms with Gasteiger partial charge in [0.1, 0.15) is 10.5 Å². The number of para-hydroxylation sites is 8. The van der Waals surface area contributed by atoms with Crippen LogP contribution in [-0.4, -0.2) is 54.3 Å². The third-order valence-electron chi connectivity index (χ3n) is 14.6.